The van der Waals surface area contributed by atoms with E-state index in [1.807, 2.05) is 27.7 Å². The van der Waals surface area contributed by atoms with Gasteiger partial charge in [0, 0.05) is 6.42 Å². The number of ether oxygens (including phenoxy) is 1. The van der Waals surface area contributed by atoms with E-state index >= 15 is 0 Å². The van der Waals surface area contributed by atoms with Gasteiger partial charge in [-0.1, -0.05) is 0 Å². The fraction of sp³-hybridized carbons (Fsp3) is 0.786. The van der Waals surface area contributed by atoms with E-state index in [2.05, 4.69) is 0 Å². The van der Waals surface area contributed by atoms with Crippen LogP contribution in [0.25, 0.3) is 0 Å². The monoisotopic (exact) mass is 286 g/mol. The van der Waals surface area contributed by atoms with Crippen molar-refractivity contribution in [1.82, 2.24) is 0 Å². The minimum atomic E-state index is -0.998. The van der Waals surface area contributed by atoms with Crippen molar-refractivity contribution in [3.8, 4) is 0 Å². The fourth-order valence-corrected chi connectivity index (χ4v) is 1.79. The lowest BCUT2D eigenvalue weighted by Gasteiger charge is -2.32. The highest BCUT2D eigenvalue weighted by Crippen LogP contribution is 2.39. The summed E-state index contributed by atoms with van der Waals surface area (Å²) in [7, 11) is -0.998. The first-order valence-corrected chi connectivity index (χ1v) is 6.97. The van der Waals surface area contributed by atoms with E-state index < -0.39 is 24.0 Å². The fourth-order valence-electron chi connectivity index (χ4n) is 1.79. The van der Waals surface area contributed by atoms with Crippen molar-refractivity contribution in [2.24, 2.45) is 0 Å². The predicted molar refractivity (Wildman–Crippen MR) is 75.8 cm³/mol. The number of hydrogen-bond donors (Lipinski definition) is 0. The molecule has 0 aromatic carbocycles. The highest BCUT2D eigenvalue weighted by molar-refractivity contribution is 6.53. The lowest BCUT2D eigenvalue weighted by molar-refractivity contribution is -0.143. The van der Waals surface area contributed by atoms with Crippen molar-refractivity contribution in [3.63, 3.8) is 0 Å². The summed E-state index contributed by atoms with van der Waals surface area (Å²) < 4.78 is 30.4. The third-order valence-electron chi connectivity index (χ3n) is 3.88. The van der Waals surface area contributed by atoms with E-state index in [1.165, 1.54) is 0 Å². The molecule has 1 fully saturated rings. The van der Waals surface area contributed by atoms with Gasteiger partial charge in [-0.15, -0.1) is 0 Å². The molecule has 114 valence electrons. The van der Waals surface area contributed by atoms with E-state index in [0.717, 1.165) is 0 Å². The zero-order valence-electron chi connectivity index (χ0n) is 13.2. The van der Waals surface area contributed by atoms with Crippen molar-refractivity contribution >= 4 is 13.1 Å². The minimum absolute atomic E-state index is 0.159. The number of rotatable bonds is 5. The minimum Gasteiger partial charge on any atom is -0.466 e. The molecule has 0 N–H and O–H groups in total. The first-order valence-electron chi connectivity index (χ1n) is 6.97. The molecule has 4 nitrogen and oxygen atoms in total. The highest BCUT2D eigenvalue weighted by Gasteiger charge is 2.53. The second-order valence-corrected chi connectivity index (χ2v) is 6.02. The normalized spacial score (nSPS) is 21.6. The standard InChI is InChI=1S/C14H24BFO4/c1-7-18-11(17)9-8-10(2)12(16)15-19-13(3,4)14(5,6)20-15/h7-9H2,1-6H3. The van der Waals surface area contributed by atoms with Gasteiger partial charge in [0.1, 0.15) is 5.73 Å². The van der Waals surface area contributed by atoms with Gasteiger partial charge in [-0.2, -0.15) is 0 Å². The van der Waals surface area contributed by atoms with Gasteiger partial charge in [0.2, 0.25) is 0 Å². The second-order valence-electron chi connectivity index (χ2n) is 6.02. The van der Waals surface area contributed by atoms with Crippen LogP contribution in [0.5, 0.6) is 0 Å². The third-order valence-corrected chi connectivity index (χ3v) is 3.88. The van der Waals surface area contributed by atoms with Gasteiger partial charge in [0.25, 0.3) is 0 Å². The molecule has 0 bridgehead atoms. The second kappa shape index (κ2) is 6.27. The summed E-state index contributed by atoms with van der Waals surface area (Å²) in [6, 6.07) is 0. The van der Waals surface area contributed by atoms with E-state index in [-0.39, 0.29) is 12.4 Å². The zero-order chi connectivity index (χ0) is 15.6. The number of halogens is 1. The highest BCUT2D eigenvalue weighted by atomic mass is 19.1. The van der Waals surface area contributed by atoms with Crippen molar-refractivity contribution in [2.45, 2.75) is 65.6 Å². The summed E-state index contributed by atoms with van der Waals surface area (Å²) in [5, 5.41) is 0. The quantitative estimate of drug-likeness (QED) is 0.575. The smallest absolute Gasteiger partial charge is 0.466 e. The predicted octanol–water partition coefficient (Wildman–Crippen LogP) is 3.20. The maximum Gasteiger partial charge on any atom is 0.525 e. The summed E-state index contributed by atoms with van der Waals surface area (Å²) in [4.78, 5) is 11.3. The Morgan fingerprint density at radius 3 is 2.10 bits per heavy atom. The van der Waals surface area contributed by atoms with E-state index in [9.17, 15) is 9.18 Å². The molecule has 0 aromatic rings. The van der Waals surface area contributed by atoms with E-state index in [4.69, 9.17) is 14.0 Å². The molecule has 0 aromatic heterocycles. The Balaban J connectivity index is 2.67. The molecule has 0 radical (unpaired) electrons. The SMILES string of the molecule is CCOC(=O)CCC(C)=C(F)B1OC(C)(C)C(C)(C)O1. The molecule has 0 atom stereocenters. The summed E-state index contributed by atoms with van der Waals surface area (Å²) >= 11 is 0. The topological polar surface area (TPSA) is 44.8 Å². The molecule has 1 aliphatic heterocycles. The number of carbonyl (C=O) groups excluding carboxylic acids is 1. The molecule has 0 amide bonds. The van der Waals surface area contributed by atoms with Crippen LogP contribution in [0, 0.1) is 0 Å². The number of hydrogen-bond acceptors (Lipinski definition) is 4. The van der Waals surface area contributed by atoms with Crippen LogP contribution in [0.4, 0.5) is 4.39 Å². The van der Waals surface area contributed by atoms with Gasteiger partial charge in [-0.3, -0.25) is 4.79 Å². The van der Waals surface area contributed by atoms with Gasteiger partial charge in [-0.25, -0.2) is 4.39 Å². The Hall–Kier alpha value is -0.875. The molecule has 0 aliphatic carbocycles. The maximum atomic E-state index is 14.3. The zero-order valence-corrected chi connectivity index (χ0v) is 13.2. The first kappa shape index (κ1) is 17.2. The number of allylic oxidation sites excluding steroid dienone is 1. The van der Waals surface area contributed by atoms with Crippen LogP contribution in [0.15, 0.2) is 11.3 Å². The molecule has 1 aliphatic rings. The van der Waals surface area contributed by atoms with Crippen LogP contribution in [0.3, 0.4) is 0 Å². The lowest BCUT2D eigenvalue weighted by atomic mass is 9.84. The molecular formula is C14H24BFO4. The van der Waals surface area contributed by atoms with Crippen LogP contribution in [-0.2, 0) is 18.8 Å². The Morgan fingerprint density at radius 2 is 1.65 bits per heavy atom. The average Bonchev–Trinajstić information content (AvgIpc) is 2.55. The largest absolute Gasteiger partial charge is 0.525 e. The maximum absolute atomic E-state index is 14.3. The van der Waals surface area contributed by atoms with Crippen molar-refractivity contribution in [3.05, 3.63) is 11.3 Å². The molecular weight excluding hydrogens is 262 g/mol. The van der Waals surface area contributed by atoms with Crippen LogP contribution >= 0.6 is 0 Å². The van der Waals surface area contributed by atoms with Crippen molar-refractivity contribution < 1.29 is 23.2 Å². The Bertz CT molecular complexity index is 388. The molecule has 1 saturated heterocycles. The summed E-state index contributed by atoms with van der Waals surface area (Å²) in [5.74, 6) is -0.325. The Kier molecular flexibility index (Phi) is 5.38. The first-order chi connectivity index (χ1) is 9.10. The van der Waals surface area contributed by atoms with Gasteiger partial charge in [0.05, 0.1) is 17.8 Å². The van der Waals surface area contributed by atoms with Crippen LogP contribution in [-0.4, -0.2) is 30.9 Å². The van der Waals surface area contributed by atoms with Crippen LogP contribution in [0.2, 0.25) is 0 Å². The molecule has 0 spiro atoms. The van der Waals surface area contributed by atoms with Crippen molar-refractivity contribution in [1.29, 1.82) is 0 Å². The molecule has 20 heavy (non-hydrogen) atoms. The summed E-state index contributed by atoms with van der Waals surface area (Å²) in [6.07, 6.45) is 0.460. The summed E-state index contributed by atoms with van der Waals surface area (Å²) in [5.41, 5.74) is -1.14. The number of esters is 1. The molecule has 0 saturated carbocycles. The van der Waals surface area contributed by atoms with Crippen molar-refractivity contribution in [2.75, 3.05) is 6.61 Å². The third kappa shape index (κ3) is 3.82. The average molecular weight is 286 g/mol. The Labute approximate surface area is 120 Å². The van der Waals surface area contributed by atoms with Gasteiger partial charge >= 0.3 is 13.1 Å². The van der Waals surface area contributed by atoms with Crippen LogP contribution < -0.4 is 0 Å². The Morgan fingerprint density at radius 1 is 1.15 bits per heavy atom. The van der Waals surface area contributed by atoms with Gasteiger partial charge < -0.3 is 14.0 Å². The molecule has 0 unspecified atom stereocenters. The van der Waals surface area contributed by atoms with Gasteiger partial charge in [0.15, 0.2) is 0 Å². The van der Waals surface area contributed by atoms with Crippen LogP contribution in [0.1, 0.15) is 54.4 Å². The number of carbonyl (C=O) groups is 1. The lowest BCUT2D eigenvalue weighted by Crippen LogP contribution is -2.41. The van der Waals surface area contributed by atoms with E-state index in [0.29, 0.717) is 18.6 Å². The summed E-state index contributed by atoms with van der Waals surface area (Å²) in [6.45, 7) is 11.2. The van der Waals surface area contributed by atoms with Gasteiger partial charge in [-0.05, 0) is 53.5 Å². The molecule has 1 rings (SSSR count). The molecule has 6 heteroatoms. The molecule has 1 heterocycles. The van der Waals surface area contributed by atoms with E-state index in [1.54, 1.807) is 13.8 Å².